The monoisotopic (exact) mass is 717 g/mol. The molecule has 0 aliphatic heterocycles. The van der Waals surface area contributed by atoms with Crippen LogP contribution >= 0.6 is 0 Å². The predicted molar refractivity (Wildman–Crippen MR) is 199 cm³/mol. The van der Waals surface area contributed by atoms with Crippen LogP contribution in [0.2, 0.25) is 0 Å². The van der Waals surface area contributed by atoms with Crippen LogP contribution in [0.15, 0.2) is 89.2 Å². The van der Waals surface area contributed by atoms with Crippen LogP contribution in [0.25, 0.3) is 11.8 Å². The van der Waals surface area contributed by atoms with Crippen LogP contribution < -0.4 is 16.0 Å². The molecule has 2 aromatic heterocycles. The number of aromatic nitrogens is 2. The van der Waals surface area contributed by atoms with Crippen molar-refractivity contribution in [1.29, 1.82) is 0 Å². The van der Waals surface area contributed by atoms with Gasteiger partial charge in [0.05, 0.1) is 29.9 Å². The number of aliphatic hydroxyl groups is 1. The van der Waals surface area contributed by atoms with E-state index >= 15 is 0 Å². The first-order valence-corrected chi connectivity index (χ1v) is 18.8. The highest BCUT2D eigenvalue weighted by Crippen LogP contribution is 2.68. The van der Waals surface area contributed by atoms with Gasteiger partial charge in [0, 0.05) is 24.2 Å². The molecule has 0 saturated heterocycles. The van der Waals surface area contributed by atoms with Crippen molar-refractivity contribution in [3.63, 3.8) is 0 Å². The highest BCUT2D eigenvalue weighted by atomic mass is 16.6. The molecular weight excluding hydrogens is 670 g/mol. The fourth-order valence-electron chi connectivity index (χ4n) is 10.5. The van der Waals surface area contributed by atoms with E-state index in [1.807, 2.05) is 79.3 Å². The molecule has 7 atom stereocenters. The molecule has 11 nitrogen and oxygen atoms in total. The second kappa shape index (κ2) is 13.4. The Labute approximate surface area is 309 Å². The average Bonchev–Trinajstić information content (AvgIpc) is 3.89. The lowest BCUT2D eigenvalue weighted by Crippen LogP contribution is -2.64. The summed E-state index contributed by atoms with van der Waals surface area (Å²) in [6.45, 7) is 7.04. The first-order chi connectivity index (χ1) is 25.6. The number of hydrogen-bond acceptors (Lipinski definition) is 7. The van der Waals surface area contributed by atoms with Gasteiger partial charge in [-0.05, 0) is 116 Å². The molecule has 0 radical (unpaired) electrons. The summed E-state index contributed by atoms with van der Waals surface area (Å²) in [4.78, 5) is 40.3. The minimum absolute atomic E-state index is 0.0463. The standard InChI is InChI=1S/C42H47N5O6/c1-4-43-39(51)46-29-12-8-13-30(21-29)47-33-20-28-15-16-31-32-17-18-42(53-37(49)35-14-9-19-52-35,38(50)44-24-26-10-6-5-7-11-26)41(32,3)23-34(48)36(31)40(28,2)22-27(33)25-45-47/h5-14,19-21,25,31-32,34,36,48H,4,15-18,22-24H2,1-3H3,(H,44,50)(H2,43,46,51)/t31?,32?,34-,36?,40-,41-,42-/m0/s1. The Morgan fingerprint density at radius 1 is 1.04 bits per heavy atom. The number of esters is 1. The molecule has 4 aromatic rings. The number of anilines is 1. The van der Waals surface area contributed by atoms with Crippen molar-refractivity contribution in [2.24, 2.45) is 28.6 Å². The van der Waals surface area contributed by atoms with Crippen LogP contribution in [-0.2, 0) is 22.5 Å². The maximum atomic E-state index is 14.5. The minimum atomic E-state index is -1.49. The van der Waals surface area contributed by atoms with Crippen LogP contribution in [0.1, 0.15) is 80.3 Å². The van der Waals surface area contributed by atoms with Gasteiger partial charge in [-0.15, -0.1) is 0 Å². The number of carbonyl (C=O) groups excluding carboxylic acids is 3. The molecule has 3 amide bonds. The number of amides is 3. The van der Waals surface area contributed by atoms with E-state index in [2.05, 4.69) is 29.0 Å². The molecule has 0 bridgehead atoms. The summed E-state index contributed by atoms with van der Waals surface area (Å²) >= 11 is 0. The third-order valence-corrected chi connectivity index (χ3v) is 12.9. The molecule has 0 spiro atoms. The molecule has 53 heavy (non-hydrogen) atoms. The number of benzene rings is 2. The lowest BCUT2D eigenvalue weighted by atomic mass is 9.45. The number of nitrogens with zero attached hydrogens (tertiary/aromatic N) is 2. The summed E-state index contributed by atoms with van der Waals surface area (Å²) in [5.74, 6) is -0.849. The van der Waals surface area contributed by atoms with Gasteiger partial charge in [-0.25, -0.2) is 14.3 Å². The normalized spacial score (nSPS) is 29.8. The Morgan fingerprint density at radius 2 is 1.87 bits per heavy atom. The van der Waals surface area contributed by atoms with Crippen molar-refractivity contribution in [2.75, 3.05) is 11.9 Å². The number of ether oxygens (including phenoxy) is 1. The van der Waals surface area contributed by atoms with Crippen molar-refractivity contribution in [1.82, 2.24) is 20.4 Å². The summed E-state index contributed by atoms with van der Waals surface area (Å²) in [7, 11) is 0. The van der Waals surface area contributed by atoms with Gasteiger partial charge in [0.2, 0.25) is 5.76 Å². The van der Waals surface area contributed by atoms with Crippen LogP contribution in [0.3, 0.4) is 0 Å². The molecule has 3 unspecified atom stereocenters. The van der Waals surface area contributed by atoms with E-state index in [4.69, 9.17) is 14.3 Å². The zero-order valence-corrected chi connectivity index (χ0v) is 30.4. The van der Waals surface area contributed by atoms with E-state index in [0.29, 0.717) is 38.0 Å². The van der Waals surface area contributed by atoms with Crippen LogP contribution in [0.4, 0.5) is 10.5 Å². The smallest absolute Gasteiger partial charge is 0.375 e. The van der Waals surface area contributed by atoms with E-state index in [9.17, 15) is 19.5 Å². The molecule has 4 aliphatic rings. The van der Waals surface area contributed by atoms with Crippen LogP contribution in [0, 0.1) is 28.6 Å². The summed E-state index contributed by atoms with van der Waals surface area (Å²) in [5, 5.41) is 25.9. The second-order valence-corrected chi connectivity index (χ2v) is 15.7. The van der Waals surface area contributed by atoms with Gasteiger partial charge in [-0.2, -0.15) is 5.10 Å². The van der Waals surface area contributed by atoms with Gasteiger partial charge < -0.3 is 30.2 Å². The zero-order chi connectivity index (χ0) is 37.0. The Morgan fingerprint density at radius 3 is 2.64 bits per heavy atom. The van der Waals surface area contributed by atoms with Crippen molar-refractivity contribution in [2.45, 2.75) is 77.5 Å². The minimum Gasteiger partial charge on any atom is -0.457 e. The molecule has 4 aliphatic carbocycles. The second-order valence-electron chi connectivity index (χ2n) is 15.7. The Hall–Kier alpha value is -5.16. The molecule has 3 saturated carbocycles. The van der Waals surface area contributed by atoms with Crippen LogP contribution in [0.5, 0.6) is 0 Å². The Balaban J connectivity index is 1.09. The number of urea groups is 1. The van der Waals surface area contributed by atoms with E-state index in [0.717, 1.165) is 41.8 Å². The zero-order valence-electron chi connectivity index (χ0n) is 30.4. The predicted octanol–water partition coefficient (Wildman–Crippen LogP) is 6.67. The summed E-state index contributed by atoms with van der Waals surface area (Å²) in [5.41, 5.74) is 3.26. The van der Waals surface area contributed by atoms with Gasteiger partial charge in [-0.3, -0.25) is 4.79 Å². The fraction of sp³-hybridized carbons (Fsp3) is 0.429. The number of carbonyl (C=O) groups is 3. The molecule has 2 heterocycles. The summed E-state index contributed by atoms with van der Waals surface area (Å²) in [6.07, 6.45) is 8.68. The van der Waals surface area contributed by atoms with E-state index in [-0.39, 0.29) is 40.9 Å². The number of allylic oxidation sites excluding steroid dienone is 1. The molecule has 11 heteroatoms. The van der Waals surface area contributed by atoms with E-state index in [1.54, 1.807) is 12.1 Å². The summed E-state index contributed by atoms with van der Waals surface area (Å²) in [6, 6.07) is 20.3. The maximum Gasteiger partial charge on any atom is 0.375 e. The SMILES string of the molecule is CCNC(=O)Nc1cccc(-n2ncc3c2C=C2CCC4C([C@@H](O)C[C@@]5(C)C4CC[C@]5(OC(=O)c4ccco4)C(=O)NCc4ccccc4)[C@@]2(C)C3)c1. The number of rotatable bonds is 8. The number of nitrogens with one attached hydrogen (secondary N) is 3. The van der Waals surface area contributed by atoms with Crippen LogP contribution in [-0.4, -0.2) is 51.0 Å². The molecule has 4 N–H and O–H groups in total. The van der Waals surface area contributed by atoms with Gasteiger partial charge in [-0.1, -0.05) is 55.8 Å². The lowest BCUT2D eigenvalue weighted by molar-refractivity contribution is -0.182. The fourth-order valence-corrected chi connectivity index (χ4v) is 10.5. The van der Waals surface area contributed by atoms with Crippen molar-refractivity contribution < 1.29 is 28.6 Å². The van der Waals surface area contributed by atoms with Gasteiger partial charge in [0.15, 0.2) is 5.60 Å². The van der Waals surface area contributed by atoms with E-state index in [1.165, 1.54) is 11.8 Å². The molecule has 2 aromatic carbocycles. The Bertz CT molecular complexity index is 2060. The number of hydrogen-bond donors (Lipinski definition) is 4. The van der Waals surface area contributed by atoms with Crippen molar-refractivity contribution in [3.05, 3.63) is 107 Å². The highest BCUT2D eigenvalue weighted by molar-refractivity contribution is 5.93. The largest absolute Gasteiger partial charge is 0.457 e. The van der Waals surface area contributed by atoms with Crippen molar-refractivity contribution >= 4 is 29.7 Å². The summed E-state index contributed by atoms with van der Waals surface area (Å²) < 4.78 is 13.7. The molecule has 3 fully saturated rings. The van der Waals surface area contributed by atoms with Gasteiger partial charge in [0.25, 0.3) is 5.91 Å². The quantitative estimate of drug-likeness (QED) is 0.149. The Kier molecular flexibility index (Phi) is 8.80. The third-order valence-electron chi connectivity index (χ3n) is 12.9. The van der Waals surface area contributed by atoms with Crippen molar-refractivity contribution in [3.8, 4) is 5.69 Å². The van der Waals surface area contributed by atoms with Gasteiger partial charge in [0.1, 0.15) is 0 Å². The van der Waals surface area contributed by atoms with E-state index < -0.39 is 23.1 Å². The number of furan rings is 1. The molecule has 8 rings (SSSR count). The maximum absolute atomic E-state index is 14.5. The highest BCUT2D eigenvalue weighted by Gasteiger charge is 2.71. The number of aliphatic hydroxyl groups excluding tert-OH is 1. The number of fused-ring (bicyclic) bond motifs is 6. The first kappa shape index (κ1) is 34.9. The topological polar surface area (TPSA) is 148 Å². The first-order valence-electron chi connectivity index (χ1n) is 18.8. The van der Waals surface area contributed by atoms with Gasteiger partial charge >= 0.3 is 12.0 Å². The third kappa shape index (κ3) is 5.76. The lowest BCUT2D eigenvalue weighted by Gasteiger charge is -2.60. The average molecular weight is 718 g/mol. The molecular formula is C42H47N5O6. The molecule has 276 valence electrons.